The van der Waals surface area contributed by atoms with Gasteiger partial charge in [-0.3, -0.25) is 0 Å². The van der Waals surface area contributed by atoms with Gasteiger partial charge in [0.05, 0.1) is 11.6 Å². The molecule has 0 aliphatic rings. The molecule has 1 unspecified atom stereocenters. The Labute approximate surface area is 85.4 Å². The highest BCUT2D eigenvalue weighted by Crippen LogP contribution is 2.23. The summed E-state index contributed by atoms with van der Waals surface area (Å²) in [6.45, 7) is 6.01. The fourth-order valence-electron chi connectivity index (χ4n) is 1.35. The maximum atomic E-state index is 8.79. The van der Waals surface area contributed by atoms with Crippen LogP contribution in [0.15, 0.2) is 18.2 Å². The van der Waals surface area contributed by atoms with Gasteiger partial charge >= 0.3 is 0 Å². The number of nitrogens with two attached hydrogens (primary N) is 1. The summed E-state index contributed by atoms with van der Waals surface area (Å²) in [5.74, 6) is 0. The predicted octanol–water partition coefficient (Wildman–Crippen LogP) is 2.45. The lowest BCUT2D eigenvalue weighted by molar-refractivity contribution is 0.476. The minimum absolute atomic E-state index is 0.293. The van der Waals surface area contributed by atoms with Gasteiger partial charge in [0.15, 0.2) is 0 Å². The third-order valence-corrected chi connectivity index (χ3v) is 2.74. The topological polar surface area (TPSA) is 49.8 Å². The lowest BCUT2D eigenvalue weighted by Crippen LogP contribution is -2.31. The van der Waals surface area contributed by atoms with Crippen molar-refractivity contribution in [2.24, 2.45) is 5.73 Å². The first-order valence-electron chi connectivity index (χ1n) is 4.81. The first kappa shape index (κ1) is 10.7. The highest BCUT2D eigenvalue weighted by Gasteiger charge is 2.18. The zero-order valence-corrected chi connectivity index (χ0v) is 8.96. The second kappa shape index (κ2) is 3.81. The van der Waals surface area contributed by atoms with E-state index in [0.717, 1.165) is 23.1 Å². The molecule has 1 atom stereocenters. The molecule has 14 heavy (non-hydrogen) atoms. The molecule has 0 amide bonds. The normalized spacial score (nSPS) is 14.5. The first-order valence-corrected chi connectivity index (χ1v) is 4.81. The molecule has 0 spiro atoms. The number of nitriles is 1. The van der Waals surface area contributed by atoms with Gasteiger partial charge in [-0.2, -0.15) is 5.26 Å². The van der Waals surface area contributed by atoms with Crippen LogP contribution >= 0.6 is 0 Å². The van der Waals surface area contributed by atoms with Crippen molar-refractivity contribution < 1.29 is 0 Å². The van der Waals surface area contributed by atoms with Crippen LogP contribution < -0.4 is 5.73 Å². The quantitative estimate of drug-likeness (QED) is 0.775. The molecule has 0 saturated carbocycles. The Balaban J connectivity index is 3.17. The van der Waals surface area contributed by atoms with Crippen LogP contribution in [0.1, 0.15) is 37.0 Å². The lowest BCUT2D eigenvalue weighted by Gasteiger charge is -2.23. The lowest BCUT2D eigenvalue weighted by atomic mass is 9.88. The fourth-order valence-corrected chi connectivity index (χ4v) is 1.35. The van der Waals surface area contributed by atoms with Crippen molar-refractivity contribution in [3.63, 3.8) is 0 Å². The van der Waals surface area contributed by atoms with E-state index in [-0.39, 0.29) is 5.54 Å². The molecule has 0 heterocycles. The van der Waals surface area contributed by atoms with Crippen LogP contribution in [0.5, 0.6) is 0 Å². The molecule has 1 aromatic rings. The van der Waals surface area contributed by atoms with Gasteiger partial charge in [-0.05, 0) is 37.5 Å². The van der Waals surface area contributed by atoms with Gasteiger partial charge in [-0.1, -0.05) is 19.1 Å². The molecule has 2 N–H and O–H groups in total. The summed E-state index contributed by atoms with van der Waals surface area (Å²) in [4.78, 5) is 0. The van der Waals surface area contributed by atoms with E-state index < -0.39 is 0 Å². The Morgan fingerprint density at radius 1 is 1.50 bits per heavy atom. The largest absolute Gasteiger partial charge is 0.322 e. The van der Waals surface area contributed by atoms with E-state index in [1.54, 1.807) is 0 Å². The van der Waals surface area contributed by atoms with Gasteiger partial charge in [-0.25, -0.2) is 0 Å². The minimum atomic E-state index is -0.293. The zero-order valence-electron chi connectivity index (χ0n) is 8.96. The van der Waals surface area contributed by atoms with Crippen LogP contribution in [0.2, 0.25) is 0 Å². The maximum Gasteiger partial charge on any atom is 0.0994 e. The Morgan fingerprint density at radius 2 is 2.14 bits per heavy atom. The van der Waals surface area contributed by atoms with Crippen molar-refractivity contribution in [1.82, 2.24) is 0 Å². The fraction of sp³-hybridized carbons (Fsp3) is 0.417. The molecule has 0 radical (unpaired) electrons. The number of hydrogen-bond donors (Lipinski definition) is 1. The van der Waals surface area contributed by atoms with Crippen molar-refractivity contribution in [3.05, 3.63) is 34.9 Å². The third kappa shape index (κ3) is 1.94. The molecule has 1 rings (SSSR count). The van der Waals surface area contributed by atoms with E-state index in [9.17, 15) is 0 Å². The maximum absolute atomic E-state index is 8.79. The molecule has 0 saturated heterocycles. The van der Waals surface area contributed by atoms with Crippen LogP contribution in [0.3, 0.4) is 0 Å². The molecular formula is C12H16N2. The predicted molar refractivity (Wildman–Crippen MR) is 57.7 cm³/mol. The van der Waals surface area contributed by atoms with E-state index in [2.05, 4.69) is 13.0 Å². The van der Waals surface area contributed by atoms with Crippen molar-refractivity contribution >= 4 is 0 Å². The van der Waals surface area contributed by atoms with Crippen LogP contribution in [-0.2, 0) is 5.54 Å². The van der Waals surface area contributed by atoms with E-state index in [4.69, 9.17) is 11.0 Å². The number of benzene rings is 1. The number of hydrogen-bond acceptors (Lipinski definition) is 2. The number of aryl methyl sites for hydroxylation is 1. The molecule has 2 nitrogen and oxygen atoms in total. The molecule has 0 fully saturated rings. The molecule has 2 heteroatoms. The molecule has 0 aliphatic carbocycles. The standard InChI is InChI=1S/C12H16N2/c1-4-12(3,14)11-6-5-10(8-13)9(2)7-11/h5-7H,4,14H2,1-3H3. The van der Waals surface area contributed by atoms with Gasteiger partial charge in [0, 0.05) is 5.54 Å². The van der Waals surface area contributed by atoms with Gasteiger partial charge in [0.1, 0.15) is 0 Å². The van der Waals surface area contributed by atoms with Gasteiger partial charge in [0.25, 0.3) is 0 Å². The second-order valence-electron chi connectivity index (χ2n) is 3.91. The average molecular weight is 188 g/mol. The summed E-state index contributed by atoms with van der Waals surface area (Å²) in [6, 6.07) is 7.93. The Hall–Kier alpha value is -1.33. The molecule has 0 bridgehead atoms. The van der Waals surface area contributed by atoms with Gasteiger partial charge < -0.3 is 5.73 Å². The highest BCUT2D eigenvalue weighted by molar-refractivity contribution is 5.41. The molecule has 0 aliphatic heterocycles. The summed E-state index contributed by atoms with van der Waals surface area (Å²) in [7, 11) is 0. The molecular weight excluding hydrogens is 172 g/mol. The van der Waals surface area contributed by atoms with Gasteiger partial charge in [-0.15, -0.1) is 0 Å². The van der Waals surface area contributed by atoms with E-state index in [1.165, 1.54) is 0 Å². The average Bonchev–Trinajstić information content (AvgIpc) is 2.17. The Kier molecular flexibility index (Phi) is 2.93. The smallest absolute Gasteiger partial charge is 0.0994 e. The monoisotopic (exact) mass is 188 g/mol. The van der Waals surface area contributed by atoms with E-state index in [0.29, 0.717) is 0 Å². The summed E-state index contributed by atoms with van der Waals surface area (Å²) in [5.41, 5.74) is 8.63. The third-order valence-electron chi connectivity index (χ3n) is 2.74. The van der Waals surface area contributed by atoms with Crippen LogP contribution in [-0.4, -0.2) is 0 Å². The SMILES string of the molecule is CCC(C)(N)c1ccc(C#N)c(C)c1. The number of rotatable bonds is 2. The zero-order chi connectivity index (χ0) is 10.8. The molecule has 0 aromatic heterocycles. The van der Waals surface area contributed by atoms with Crippen molar-refractivity contribution in [3.8, 4) is 6.07 Å². The van der Waals surface area contributed by atoms with Crippen LogP contribution in [0.25, 0.3) is 0 Å². The minimum Gasteiger partial charge on any atom is -0.322 e. The Morgan fingerprint density at radius 3 is 2.57 bits per heavy atom. The van der Waals surface area contributed by atoms with Crippen molar-refractivity contribution in [2.45, 2.75) is 32.7 Å². The molecule has 1 aromatic carbocycles. The highest BCUT2D eigenvalue weighted by atomic mass is 14.7. The van der Waals surface area contributed by atoms with Crippen LogP contribution in [0.4, 0.5) is 0 Å². The van der Waals surface area contributed by atoms with Crippen molar-refractivity contribution in [1.29, 1.82) is 5.26 Å². The summed E-state index contributed by atoms with van der Waals surface area (Å²) < 4.78 is 0. The number of nitrogens with zero attached hydrogens (tertiary/aromatic N) is 1. The van der Waals surface area contributed by atoms with E-state index in [1.807, 2.05) is 32.0 Å². The molecule has 74 valence electrons. The van der Waals surface area contributed by atoms with Crippen LogP contribution in [0, 0.1) is 18.3 Å². The second-order valence-corrected chi connectivity index (χ2v) is 3.91. The summed E-state index contributed by atoms with van der Waals surface area (Å²) >= 11 is 0. The van der Waals surface area contributed by atoms with Gasteiger partial charge in [0.2, 0.25) is 0 Å². The van der Waals surface area contributed by atoms with E-state index >= 15 is 0 Å². The summed E-state index contributed by atoms with van der Waals surface area (Å²) in [5, 5.41) is 8.79. The Bertz CT molecular complexity index is 372. The van der Waals surface area contributed by atoms with Crippen molar-refractivity contribution in [2.75, 3.05) is 0 Å². The first-order chi connectivity index (χ1) is 6.51. The summed E-state index contributed by atoms with van der Waals surface area (Å²) in [6.07, 6.45) is 0.887.